The second kappa shape index (κ2) is 12.0. The van der Waals surface area contributed by atoms with Gasteiger partial charge in [0.2, 0.25) is 6.41 Å². The molecule has 8 nitrogen and oxygen atoms in total. The summed E-state index contributed by atoms with van der Waals surface area (Å²) in [5.41, 5.74) is 7.53. The molecule has 1 aliphatic heterocycles. The lowest BCUT2D eigenvalue weighted by atomic mass is 9.86. The zero-order valence-corrected chi connectivity index (χ0v) is 20.6. The quantitative estimate of drug-likeness (QED) is 0.183. The molecule has 1 aliphatic carbocycles. The zero-order valence-electron chi connectivity index (χ0n) is 20.6. The fourth-order valence-electron chi connectivity index (χ4n) is 4.83. The summed E-state index contributed by atoms with van der Waals surface area (Å²) in [7, 11) is 4.02. The second-order valence-corrected chi connectivity index (χ2v) is 8.95. The van der Waals surface area contributed by atoms with Gasteiger partial charge in [-0.05, 0) is 62.3 Å². The molecule has 0 radical (unpaired) electrons. The SMILES string of the molecule is CC/C(CCCC1=C(NC)C=CC(c2cc(C)nn2C)C1)=C(\CCNC=O)N(N)C1COC1. The van der Waals surface area contributed by atoms with Gasteiger partial charge in [-0.2, -0.15) is 5.10 Å². The Morgan fingerprint density at radius 1 is 1.39 bits per heavy atom. The molecule has 2 heterocycles. The Hall–Kier alpha value is -2.58. The fourth-order valence-corrected chi connectivity index (χ4v) is 4.83. The molecular formula is C25H40N6O2. The van der Waals surface area contributed by atoms with Gasteiger partial charge < -0.3 is 20.4 Å². The maximum atomic E-state index is 10.7. The topological polar surface area (TPSA) is 97.4 Å². The van der Waals surface area contributed by atoms with Crippen molar-refractivity contribution in [2.75, 3.05) is 26.8 Å². The molecular weight excluding hydrogens is 416 g/mol. The van der Waals surface area contributed by atoms with Crippen molar-refractivity contribution in [2.45, 2.75) is 64.3 Å². The van der Waals surface area contributed by atoms with Crippen LogP contribution in [0.3, 0.4) is 0 Å². The van der Waals surface area contributed by atoms with Crippen LogP contribution in [0.25, 0.3) is 0 Å². The summed E-state index contributed by atoms with van der Waals surface area (Å²) in [5.74, 6) is 6.84. The van der Waals surface area contributed by atoms with Gasteiger partial charge in [0.25, 0.3) is 0 Å². The van der Waals surface area contributed by atoms with Crippen molar-refractivity contribution in [2.24, 2.45) is 12.9 Å². The number of aromatic nitrogens is 2. The number of hydrogen-bond acceptors (Lipinski definition) is 6. The lowest BCUT2D eigenvalue weighted by molar-refractivity contribution is -0.109. The number of nitrogens with one attached hydrogen (secondary N) is 2. The van der Waals surface area contributed by atoms with E-state index in [1.807, 2.05) is 30.7 Å². The number of aryl methyl sites for hydroxylation is 2. The van der Waals surface area contributed by atoms with Crippen molar-refractivity contribution < 1.29 is 9.53 Å². The summed E-state index contributed by atoms with van der Waals surface area (Å²) in [5, 5.41) is 12.6. The van der Waals surface area contributed by atoms with E-state index >= 15 is 0 Å². The first-order valence-electron chi connectivity index (χ1n) is 12.1. The van der Waals surface area contributed by atoms with Crippen LogP contribution in [0, 0.1) is 6.92 Å². The molecule has 2 aliphatic rings. The lowest BCUT2D eigenvalue weighted by Crippen LogP contribution is -2.52. The zero-order chi connectivity index (χ0) is 23.8. The van der Waals surface area contributed by atoms with Crippen LogP contribution in [-0.2, 0) is 16.6 Å². The number of nitrogens with zero attached hydrogens (tertiary/aromatic N) is 3. The number of carbonyl (C=O) groups excluding carboxylic acids is 1. The van der Waals surface area contributed by atoms with Gasteiger partial charge in [0.1, 0.15) is 0 Å². The molecule has 1 amide bonds. The second-order valence-electron chi connectivity index (χ2n) is 8.95. The van der Waals surface area contributed by atoms with Crippen molar-refractivity contribution in [1.82, 2.24) is 25.4 Å². The number of amides is 1. The molecule has 4 N–H and O–H groups in total. The van der Waals surface area contributed by atoms with E-state index in [2.05, 4.69) is 40.9 Å². The molecule has 1 atom stereocenters. The minimum absolute atomic E-state index is 0.225. The van der Waals surface area contributed by atoms with Gasteiger partial charge in [0, 0.05) is 50.1 Å². The number of rotatable bonds is 13. The Morgan fingerprint density at radius 3 is 2.76 bits per heavy atom. The van der Waals surface area contributed by atoms with Gasteiger partial charge in [-0.3, -0.25) is 9.48 Å². The normalized spacial score (nSPS) is 19.2. The molecule has 0 aromatic carbocycles. The first-order chi connectivity index (χ1) is 16.0. The van der Waals surface area contributed by atoms with E-state index in [0.717, 1.165) is 56.3 Å². The number of allylic oxidation sites excluding steroid dienone is 4. The predicted octanol–water partition coefficient (Wildman–Crippen LogP) is 2.79. The third kappa shape index (κ3) is 6.26. The van der Waals surface area contributed by atoms with E-state index < -0.39 is 0 Å². The van der Waals surface area contributed by atoms with Gasteiger partial charge in [-0.15, -0.1) is 0 Å². The van der Waals surface area contributed by atoms with Gasteiger partial charge in [0.05, 0.1) is 24.9 Å². The molecule has 0 spiro atoms. The third-order valence-electron chi connectivity index (χ3n) is 6.74. The number of likely N-dealkylation sites (N-methyl/N-ethyl adjacent to an activating group) is 1. The maximum absolute atomic E-state index is 10.7. The highest BCUT2D eigenvalue weighted by atomic mass is 16.5. The average molecular weight is 457 g/mol. The van der Waals surface area contributed by atoms with Gasteiger partial charge >= 0.3 is 0 Å². The molecule has 3 rings (SSSR count). The minimum atomic E-state index is 0.225. The summed E-state index contributed by atoms with van der Waals surface area (Å²) in [4.78, 5) is 10.7. The van der Waals surface area contributed by atoms with Gasteiger partial charge in [-0.1, -0.05) is 13.0 Å². The first kappa shape index (κ1) is 25.1. The van der Waals surface area contributed by atoms with E-state index in [4.69, 9.17) is 10.6 Å². The maximum Gasteiger partial charge on any atom is 0.207 e. The molecule has 182 valence electrons. The van der Waals surface area contributed by atoms with E-state index in [0.29, 0.717) is 25.7 Å². The molecule has 8 heteroatoms. The number of hydrogen-bond donors (Lipinski definition) is 3. The smallest absolute Gasteiger partial charge is 0.207 e. The van der Waals surface area contributed by atoms with E-state index in [9.17, 15) is 4.79 Å². The van der Waals surface area contributed by atoms with Crippen molar-refractivity contribution >= 4 is 6.41 Å². The number of nitrogens with two attached hydrogens (primary N) is 1. The van der Waals surface area contributed by atoms with Gasteiger partial charge in [-0.25, -0.2) is 5.84 Å². The summed E-state index contributed by atoms with van der Waals surface area (Å²) in [6.07, 6.45) is 11.0. The Kier molecular flexibility index (Phi) is 9.14. The van der Waals surface area contributed by atoms with Crippen LogP contribution in [0.5, 0.6) is 0 Å². The molecule has 33 heavy (non-hydrogen) atoms. The molecule has 1 aromatic heterocycles. The minimum Gasteiger partial charge on any atom is -0.388 e. The largest absolute Gasteiger partial charge is 0.388 e. The first-order valence-corrected chi connectivity index (χ1v) is 12.1. The molecule has 1 fully saturated rings. The van der Waals surface area contributed by atoms with E-state index in [1.54, 1.807) is 0 Å². The van der Waals surface area contributed by atoms with Crippen LogP contribution >= 0.6 is 0 Å². The van der Waals surface area contributed by atoms with Crippen molar-refractivity contribution in [3.8, 4) is 0 Å². The van der Waals surface area contributed by atoms with E-state index in [1.165, 1.54) is 22.5 Å². The Morgan fingerprint density at radius 2 is 2.18 bits per heavy atom. The number of carbonyl (C=O) groups is 1. The van der Waals surface area contributed by atoms with Crippen LogP contribution < -0.4 is 16.5 Å². The lowest BCUT2D eigenvalue weighted by Gasteiger charge is -2.38. The number of hydrazine groups is 1. The molecule has 0 bridgehead atoms. The summed E-state index contributed by atoms with van der Waals surface area (Å²) >= 11 is 0. The standard InChI is InChI=1S/C25H40N6O2/c1-5-19(24(11-12-28-17-32)31(26)22-15-33-16-22)7-6-8-20-14-21(9-10-23(20)27-3)25-13-18(2)29-30(25)4/h9-10,13,17,21-22,27H,5-8,11-12,14-16,26H2,1-4H3,(H,28,32)/b24-19-. The van der Waals surface area contributed by atoms with Crippen LogP contribution in [0.4, 0.5) is 0 Å². The predicted molar refractivity (Wildman–Crippen MR) is 131 cm³/mol. The van der Waals surface area contributed by atoms with E-state index in [-0.39, 0.29) is 6.04 Å². The van der Waals surface area contributed by atoms with Crippen LogP contribution in [-0.4, -0.2) is 54.0 Å². The van der Waals surface area contributed by atoms with Crippen LogP contribution in [0.1, 0.15) is 62.8 Å². The van der Waals surface area contributed by atoms with Crippen molar-refractivity contribution in [3.63, 3.8) is 0 Å². The van der Waals surface area contributed by atoms with Crippen LogP contribution in [0.2, 0.25) is 0 Å². The highest BCUT2D eigenvalue weighted by molar-refractivity contribution is 5.45. The molecule has 1 aromatic rings. The monoisotopic (exact) mass is 456 g/mol. The van der Waals surface area contributed by atoms with Gasteiger partial charge in [0.15, 0.2) is 0 Å². The highest BCUT2D eigenvalue weighted by Crippen LogP contribution is 2.34. The Bertz CT molecular complexity index is 897. The average Bonchev–Trinajstić information content (AvgIpc) is 3.11. The molecule has 1 unspecified atom stereocenters. The Balaban J connectivity index is 1.68. The molecule has 1 saturated heterocycles. The fraction of sp³-hybridized carbons (Fsp3) is 0.600. The van der Waals surface area contributed by atoms with Crippen molar-refractivity contribution in [1.29, 1.82) is 0 Å². The van der Waals surface area contributed by atoms with Crippen LogP contribution in [0.15, 0.2) is 40.8 Å². The Labute approximate surface area is 197 Å². The summed E-state index contributed by atoms with van der Waals surface area (Å²) in [6, 6.07) is 2.41. The highest BCUT2D eigenvalue weighted by Gasteiger charge is 2.27. The summed E-state index contributed by atoms with van der Waals surface area (Å²) in [6.45, 7) is 6.16. The number of ether oxygens (including phenoxy) is 1. The summed E-state index contributed by atoms with van der Waals surface area (Å²) < 4.78 is 7.35. The third-order valence-corrected chi connectivity index (χ3v) is 6.74. The van der Waals surface area contributed by atoms with Crippen molar-refractivity contribution in [3.05, 3.63) is 52.1 Å². The molecule has 0 saturated carbocycles.